The van der Waals surface area contributed by atoms with Crippen molar-refractivity contribution in [2.45, 2.75) is 20.1 Å². The van der Waals surface area contributed by atoms with Crippen molar-refractivity contribution in [2.24, 2.45) is 0 Å². The van der Waals surface area contributed by atoms with E-state index >= 15 is 0 Å². The van der Waals surface area contributed by atoms with E-state index in [2.05, 4.69) is 4.74 Å². The van der Waals surface area contributed by atoms with Crippen molar-refractivity contribution >= 4 is 5.97 Å². The molecule has 1 heterocycles. The van der Waals surface area contributed by atoms with Crippen molar-refractivity contribution in [1.29, 1.82) is 0 Å². The Morgan fingerprint density at radius 3 is 2.44 bits per heavy atom. The number of esters is 1. The van der Waals surface area contributed by atoms with Gasteiger partial charge in [0.2, 0.25) is 12.0 Å². The number of ether oxygens (including phenoxy) is 2. The molecule has 9 heavy (non-hydrogen) atoms. The van der Waals surface area contributed by atoms with E-state index < -0.39 is 6.29 Å². The highest BCUT2D eigenvalue weighted by atomic mass is 16.7. The molecule has 0 amide bonds. The van der Waals surface area contributed by atoms with E-state index in [-0.39, 0.29) is 5.97 Å². The van der Waals surface area contributed by atoms with Gasteiger partial charge in [0.15, 0.2) is 0 Å². The molecule has 1 aliphatic rings. The van der Waals surface area contributed by atoms with Crippen LogP contribution < -0.4 is 0 Å². The van der Waals surface area contributed by atoms with Crippen LogP contribution in [0.25, 0.3) is 0 Å². The quantitative estimate of drug-likeness (QED) is 0.357. The highest BCUT2D eigenvalue weighted by molar-refractivity contribution is 5.87. The number of allylic oxidation sites excluding steroid dienone is 1. The van der Waals surface area contributed by atoms with Gasteiger partial charge in [-0.3, -0.25) is 0 Å². The molecule has 0 radical (unpaired) electrons. The second kappa shape index (κ2) is 2.09. The Kier molecular flexibility index (Phi) is 1.42. The summed E-state index contributed by atoms with van der Waals surface area (Å²) in [5, 5.41) is 0. The molecule has 0 aromatic rings. The summed E-state index contributed by atoms with van der Waals surface area (Å²) in [5.41, 5.74) is 0. The zero-order chi connectivity index (χ0) is 6.85. The minimum atomic E-state index is -0.413. The van der Waals surface area contributed by atoms with Crippen LogP contribution in [-0.4, -0.2) is 12.3 Å². The van der Waals surface area contributed by atoms with Crippen LogP contribution in [0.5, 0.6) is 0 Å². The van der Waals surface area contributed by atoms with Gasteiger partial charge in [-0.1, -0.05) is 0 Å². The van der Waals surface area contributed by atoms with Crippen molar-refractivity contribution < 1.29 is 14.3 Å². The summed E-state index contributed by atoms with van der Waals surface area (Å²) in [7, 11) is 0. The van der Waals surface area contributed by atoms with Gasteiger partial charge in [-0.15, -0.1) is 0 Å². The topological polar surface area (TPSA) is 35.5 Å². The van der Waals surface area contributed by atoms with Gasteiger partial charge in [-0.2, -0.15) is 0 Å². The molecule has 3 nitrogen and oxygen atoms in total. The van der Waals surface area contributed by atoms with E-state index in [0.29, 0.717) is 5.76 Å². The van der Waals surface area contributed by atoms with E-state index in [1.54, 1.807) is 19.9 Å². The normalized spacial score (nSPS) is 30.2. The summed E-state index contributed by atoms with van der Waals surface area (Å²) in [6, 6.07) is 0. The largest absolute Gasteiger partial charge is 0.448 e. The van der Waals surface area contributed by atoms with Crippen molar-refractivity contribution in [1.82, 2.24) is 0 Å². The molecular weight excluding hydrogens is 120 g/mol. The lowest BCUT2D eigenvalue weighted by Crippen LogP contribution is -2.00. The van der Waals surface area contributed by atoms with E-state index in [9.17, 15) is 4.79 Å². The predicted molar refractivity (Wildman–Crippen MR) is 30.4 cm³/mol. The van der Waals surface area contributed by atoms with Crippen LogP contribution >= 0.6 is 0 Å². The molecule has 1 fully saturated rings. The molecule has 1 atom stereocenters. The van der Waals surface area contributed by atoms with E-state index in [4.69, 9.17) is 4.74 Å². The Balaban J connectivity index is 2.70. The fraction of sp³-hybridized carbons (Fsp3) is 0.500. The summed E-state index contributed by atoms with van der Waals surface area (Å²) in [5.74, 6) is -0.0625. The van der Waals surface area contributed by atoms with E-state index in [1.807, 2.05) is 0 Å². The van der Waals surface area contributed by atoms with E-state index in [1.165, 1.54) is 0 Å². The van der Waals surface area contributed by atoms with Crippen molar-refractivity contribution in [3.8, 4) is 0 Å². The Labute approximate surface area is 53.3 Å². The van der Waals surface area contributed by atoms with Crippen LogP contribution in [0, 0.1) is 0 Å². The summed E-state index contributed by atoms with van der Waals surface area (Å²) >= 11 is 0. The minimum Gasteiger partial charge on any atom is -0.448 e. The summed E-state index contributed by atoms with van der Waals surface area (Å²) in [6.07, 6.45) is 1.18. The third-order valence-corrected chi connectivity index (χ3v) is 1.03. The Morgan fingerprint density at radius 2 is 2.22 bits per heavy atom. The van der Waals surface area contributed by atoms with Crippen molar-refractivity contribution in [3.63, 3.8) is 0 Å². The van der Waals surface area contributed by atoms with Gasteiger partial charge in [-0.25, -0.2) is 4.79 Å². The first-order valence-electron chi connectivity index (χ1n) is 2.78. The molecular formula is C6H8O3. The van der Waals surface area contributed by atoms with Gasteiger partial charge in [0.1, 0.15) is 0 Å². The number of hydrogen-bond donors (Lipinski definition) is 0. The minimum absolute atomic E-state index is 0.308. The maximum Gasteiger partial charge on any atom is 0.376 e. The molecule has 0 aromatic carbocycles. The van der Waals surface area contributed by atoms with E-state index in [0.717, 1.165) is 0 Å². The highest BCUT2D eigenvalue weighted by Gasteiger charge is 2.25. The third kappa shape index (κ3) is 1.04. The van der Waals surface area contributed by atoms with Crippen molar-refractivity contribution in [3.05, 3.63) is 11.8 Å². The van der Waals surface area contributed by atoms with Gasteiger partial charge >= 0.3 is 5.97 Å². The zero-order valence-electron chi connectivity index (χ0n) is 5.38. The number of carbonyl (C=O) groups excluding carboxylic acids is 1. The molecule has 0 aromatic heterocycles. The standard InChI is InChI=1S/C6H8O3/c1-3-5-6(7)9-4(2)8-5/h3-4H,1-2H3/b5-3-. The lowest BCUT2D eigenvalue weighted by Gasteiger charge is -1.96. The maximum absolute atomic E-state index is 10.6. The van der Waals surface area contributed by atoms with Gasteiger partial charge in [0.25, 0.3) is 0 Å². The van der Waals surface area contributed by atoms with Gasteiger partial charge < -0.3 is 9.47 Å². The molecule has 1 saturated heterocycles. The number of cyclic esters (lactones) is 1. The molecule has 1 unspecified atom stereocenters. The molecule has 0 bridgehead atoms. The summed E-state index contributed by atoms with van der Waals surface area (Å²) < 4.78 is 9.55. The average molecular weight is 128 g/mol. The zero-order valence-corrected chi connectivity index (χ0v) is 5.38. The Morgan fingerprint density at radius 1 is 1.56 bits per heavy atom. The van der Waals surface area contributed by atoms with Crippen LogP contribution in [0.4, 0.5) is 0 Å². The molecule has 50 valence electrons. The van der Waals surface area contributed by atoms with Gasteiger partial charge in [0, 0.05) is 6.92 Å². The van der Waals surface area contributed by atoms with Crippen LogP contribution in [0.1, 0.15) is 13.8 Å². The van der Waals surface area contributed by atoms with Crippen LogP contribution in [0.3, 0.4) is 0 Å². The Bertz CT molecular complexity index is 160. The predicted octanol–water partition coefficient (Wildman–Crippen LogP) is 0.810. The summed E-state index contributed by atoms with van der Waals surface area (Å²) in [6.45, 7) is 3.41. The Hall–Kier alpha value is -0.990. The lowest BCUT2D eigenvalue weighted by atomic mass is 10.5. The fourth-order valence-corrected chi connectivity index (χ4v) is 0.646. The SMILES string of the molecule is C/C=C1\OC(C)OC1=O. The first-order chi connectivity index (χ1) is 4.24. The van der Waals surface area contributed by atoms with Crippen LogP contribution in [0.2, 0.25) is 0 Å². The number of rotatable bonds is 0. The van der Waals surface area contributed by atoms with Crippen LogP contribution in [-0.2, 0) is 14.3 Å². The molecule has 0 spiro atoms. The molecule has 1 aliphatic heterocycles. The average Bonchev–Trinajstić information content (AvgIpc) is 2.10. The first-order valence-corrected chi connectivity index (χ1v) is 2.78. The van der Waals surface area contributed by atoms with Gasteiger partial charge in [0.05, 0.1) is 0 Å². The first kappa shape index (κ1) is 6.13. The molecule has 0 saturated carbocycles. The second-order valence-electron chi connectivity index (χ2n) is 1.74. The van der Waals surface area contributed by atoms with Gasteiger partial charge in [-0.05, 0) is 13.0 Å². The number of hydrogen-bond acceptors (Lipinski definition) is 3. The van der Waals surface area contributed by atoms with Crippen molar-refractivity contribution in [2.75, 3.05) is 0 Å². The molecule has 0 aliphatic carbocycles. The summed E-state index contributed by atoms with van der Waals surface area (Å²) in [4.78, 5) is 10.6. The molecule has 3 heteroatoms. The lowest BCUT2D eigenvalue weighted by molar-refractivity contribution is -0.141. The monoisotopic (exact) mass is 128 g/mol. The molecule has 1 rings (SSSR count). The number of carbonyl (C=O) groups is 1. The maximum atomic E-state index is 10.6. The smallest absolute Gasteiger partial charge is 0.376 e. The van der Waals surface area contributed by atoms with Crippen LogP contribution in [0.15, 0.2) is 11.8 Å². The highest BCUT2D eigenvalue weighted by Crippen LogP contribution is 2.14. The third-order valence-electron chi connectivity index (χ3n) is 1.03. The second-order valence-corrected chi connectivity index (χ2v) is 1.74. The fourth-order valence-electron chi connectivity index (χ4n) is 0.646. The molecule has 0 N–H and O–H groups in total.